The Labute approximate surface area is 631 Å². The van der Waals surface area contributed by atoms with Crippen molar-refractivity contribution in [3.63, 3.8) is 0 Å². The van der Waals surface area contributed by atoms with Crippen molar-refractivity contribution < 1.29 is 0 Å². The van der Waals surface area contributed by atoms with Crippen molar-refractivity contribution in [2.75, 3.05) is 9.80 Å². The van der Waals surface area contributed by atoms with E-state index in [1.54, 1.807) is 0 Å². The molecule has 26 rings (SSSR count). The van der Waals surface area contributed by atoms with Crippen molar-refractivity contribution >= 4 is 79.0 Å². The highest BCUT2D eigenvalue weighted by atomic mass is 15.2. The summed E-state index contributed by atoms with van der Waals surface area (Å²) in [7, 11) is 0. The first-order valence-corrected chi connectivity index (χ1v) is 38.4. The fraction of sp³-hybridized carbons (Fsp3) is 0.0286. The average Bonchev–Trinajstić information content (AvgIpc) is 1.51. The topological polar surface area (TPSA) is 11.4 Å². The molecular weight excluding hydrogens is 1310 g/mol. The Morgan fingerprint density at radius 3 is 1.10 bits per heavy atom. The van der Waals surface area contributed by atoms with Crippen LogP contribution in [0.5, 0.6) is 0 Å². The van der Waals surface area contributed by atoms with Gasteiger partial charge in [0.25, 0.3) is 6.71 Å². The van der Waals surface area contributed by atoms with Gasteiger partial charge in [-0.1, -0.05) is 328 Å². The zero-order chi connectivity index (χ0) is 70.7. The molecule has 0 amide bonds. The second-order valence-electron chi connectivity index (χ2n) is 31.0. The largest absolute Gasteiger partial charge is 0.311 e. The lowest BCUT2D eigenvalue weighted by Gasteiger charge is -2.48. The van der Waals surface area contributed by atoms with Gasteiger partial charge in [-0.25, -0.2) is 0 Å². The van der Waals surface area contributed by atoms with Gasteiger partial charge in [0.1, 0.15) is 0 Å². The zero-order valence-electron chi connectivity index (χ0n) is 59.2. The highest BCUT2D eigenvalue weighted by Gasteiger charge is 2.61. The Bertz CT molecular complexity index is 6930. The quantitative estimate of drug-likeness (QED) is 0.163. The fourth-order valence-electron chi connectivity index (χ4n) is 22.9. The molecule has 0 unspecified atom stereocenters. The van der Waals surface area contributed by atoms with Crippen LogP contribution in [0.2, 0.25) is 0 Å². The molecule has 0 fully saturated rings. The van der Waals surface area contributed by atoms with E-state index in [4.69, 9.17) is 0 Å². The van der Waals surface area contributed by atoms with E-state index in [0.717, 1.165) is 39.5 Å². The SMILES string of the molecule is c1ccc(-c2ccc(N3c4cc(-n5c6ccccc6c6ccccc65)cc5c4B(c4ccc6c(c4N5c4cccc5c4-c4ccccc4C54c5ccccc5-c5ccccc54)C4(c5ccccc5-c5ccccc54)c4ccccc4-6)c4c3ccc3c4C4(c5ccccc5-c5ccccc54)c4ccccc4-3)cc2)cc1. The highest BCUT2D eigenvalue weighted by molar-refractivity contribution is 7.01. The molecule has 18 aromatic rings. The van der Waals surface area contributed by atoms with E-state index in [1.807, 2.05) is 0 Å². The first-order valence-electron chi connectivity index (χ1n) is 38.4. The molecule has 2 aliphatic heterocycles. The molecule has 109 heavy (non-hydrogen) atoms. The minimum atomic E-state index is -0.767. The number of nitrogens with zero attached hydrogens (tertiary/aromatic N) is 3. The first kappa shape index (κ1) is 58.5. The number of para-hydroxylation sites is 2. The molecule has 0 atom stereocenters. The predicted octanol–water partition coefficient (Wildman–Crippen LogP) is 23.6. The third kappa shape index (κ3) is 6.88. The summed E-state index contributed by atoms with van der Waals surface area (Å²) in [6.07, 6.45) is 0. The average molecular weight is 1380 g/mol. The van der Waals surface area contributed by atoms with E-state index >= 15 is 0 Å². The predicted molar refractivity (Wildman–Crippen MR) is 449 cm³/mol. The Kier molecular flexibility index (Phi) is 11.2. The van der Waals surface area contributed by atoms with Gasteiger partial charge in [0.05, 0.1) is 38.7 Å². The van der Waals surface area contributed by atoms with Gasteiger partial charge in [-0.05, 0) is 198 Å². The van der Waals surface area contributed by atoms with Crippen LogP contribution in [0.3, 0.4) is 0 Å². The van der Waals surface area contributed by atoms with Crippen molar-refractivity contribution in [3.05, 3.63) is 443 Å². The van der Waals surface area contributed by atoms with E-state index in [9.17, 15) is 0 Å². The highest BCUT2D eigenvalue weighted by Crippen LogP contribution is 2.70. The maximum absolute atomic E-state index is 2.87. The van der Waals surface area contributed by atoms with Crippen LogP contribution in [0.15, 0.2) is 376 Å². The van der Waals surface area contributed by atoms with Crippen LogP contribution in [-0.4, -0.2) is 11.3 Å². The lowest BCUT2D eigenvalue weighted by atomic mass is 9.31. The molecule has 0 radical (unpaired) electrons. The molecule has 17 aromatic carbocycles. The van der Waals surface area contributed by atoms with E-state index < -0.39 is 16.2 Å². The third-order valence-corrected chi connectivity index (χ3v) is 26.6. The fourth-order valence-corrected chi connectivity index (χ4v) is 22.9. The summed E-state index contributed by atoms with van der Waals surface area (Å²) in [6, 6.07) is 146. The molecule has 8 aliphatic rings. The van der Waals surface area contributed by atoms with Gasteiger partial charge in [-0.15, -0.1) is 0 Å². The Balaban J connectivity index is 0.884. The molecule has 6 aliphatic carbocycles. The first-order chi connectivity index (χ1) is 54.1. The molecule has 3 nitrogen and oxygen atoms in total. The maximum atomic E-state index is 2.87. The van der Waals surface area contributed by atoms with Crippen LogP contribution in [0, 0.1) is 0 Å². The molecule has 0 saturated carbocycles. The number of anilines is 6. The summed E-state index contributed by atoms with van der Waals surface area (Å²) in [5.74, 6) is 0. The molecule has 0 N–H and O–H groups in total. The second kappa shape index (κ2) is 20.8. The van der Waals surface area contributed by atoms with Crippen LogP contribution in [0.4, 0.5) is 34.1 Å². The van der Waals surface area contributed by atoms with Crippen LogP contribution in [0.25, 0.3) is 105 Å². The van der Waals surface area contributed by atoms with Crippen molar-refractivity contribution in [2.24, 2.45) is 0 Å². The monoisotopic (exact) mass is 1380 g/mol. The van der Waals surface area contributed by atoms with Gasteiger partial charge < -0.3 is 14.4 Å². The van der Waals surface area contributed by atoms with Crippen molar-refractivity contribution in [2.45, 2.75) is 16.2 Å². The van der Waals surface area contributed by atoms with Gasteiger partial charge in [-0.3, -0.25) is 0 Å². The van der Waals surface area contributed by atoms with Gasteiger partial charge in [0, 0.05) is 50.3 Å². The van der Waals surface area contributed by atoms with E-state index in [1.165, 1.54) is 183 Å². The molecule has 3 spiro atoms. The normalized spacial score (nSPS) is 15.0. The molecular formula is C105H62BN3. The summed E-state index contributed by atoms with van der Waals surface area (Å²) in [4.78, 5) is 5.57. The lowest BCUT2D eigenvalue weighted by Crippen LogP contribution is -2.63. The molecule has 0 bridgehead atoms. The van der Waals surface area contributed by atoms with Crippen molar-refractivity contribution in [1.82, 2.24) is 4.57 Å². The zero-order valence-corrected chi connectivity index (χ0v) is 59.2. The van der Waals surface area contributed by atoms with E-state index in [2.05, 4.69) is 390 Å². The molecule has 4 heteroatoms. The summed E-state index contributed by atoms with van der Waals surface area (Å²) in [5.41, 5.74) is 45.6. The number of rotatable bonds is 4. The van der Waals surface area contributed by atoms with Crippen LogP contribution in [0.1, 0.15) is 66.8 Å². The van der Waals surface area contributed by atoms with Crippen LogP contribution >= 0.6 is 0 Å². The molecule has 0 saturated heterocycles. The van der Waals surface area contributed by atoms with Gasteiger partial charge in [0.15, 0.2) is 0 Å². The summed E-state index contributed by atoms with van der Waals surface area (Å²) >= 11 is 0. The summed E-state index contributed by atoms with van der Waals surface area (Å²) < 4.78 is 2.58. The Morgan fingerprint density at radius 2 is 0.596 bits per heavy atom. The standard InChI is InChI=1S/C105H62BN3/c1-2-27-63(28-3-1)64-53-55-65(56-54-64)107-94-60-58-77-73-35-10-21-46-86(73)104(82-42-17-6-31-69(82)70-32-7-18-43-83(70)104)98(77)101(94)106-90-59-57-78-74-36-11-22-47-87(74)105(84-44-19-8-33-71(84)72-34-9-20-45-85(72)105)99(78)102(90)109(96-62-66(61-95(107)100(96)106)108-91-50-24-13-37-75(91)76-38-14-25-51-92(76)108)93-52-26-49-89-97(93)79-39-12-23-48-88(79)103(89)80-40-15-4-29-67(80)68-30-5-16-41-81(68)103/h1-62H. The number of hydrogen-bond acceptors (Lipinski definition) is 2. The minimum Gasteiger partial charge on any atom is -0.311 e. The van der Waals surface area contributed by atoms with Gasteiger partial charge >= 0.3 is 0 Å². The summed E-state index contributed by atoms with van der Waals surface area (Å²) in [5, 5.41) is 2.44. The maximum Gasteiger partial charge on any atom is 0.252 e. The second-order valence-corrected chi connectivity index (χ2v) is 31.0. The minimum absolute atomic E-state index is 0.346. The third-order valence-electron chi connectivity index (χ3n) is 26.6. The van der Waals surface area contributed by atoms with E-state index in [0.29, 0.717) is 0 Å². The van der Waals surface area contributed by atoms with Gasteiger partial charge in [-0.2, -0.15) is 0 Å². The Hall–Kier alpha value is -13.8. The van der Waals surface area contributed by atoms with Crippen LogP contribution in [-0.2, 0) is 16.2 Å². The molecule has 3 heterocycles. The smallest absolute Gasteiger partial charge is 0.252 e. The van der Waals surface area contributed by atoms with Crippen molar-refractivity contribution in [1.29, 1.82) is 0 Å². The molecule has 1 aromatic heterocycles. The number of hydrogen-bond donors (Lipinski definition) is 0. The number of benzene rings is 17. The van der Waals surface area contributed by atoms with Crippen LogP contribution < -0.4 is 26.2 Å². The lowest BCUT2D eigenvalue weighted by molar-refractivity contribution is 0.791. The number of fused-ring (bicyclic) bond motifs is 39. The van der Waals surface area contributed by atoms with Crippen molar-refractivity contribution in [3.8, 4) is 83.6 Å². The Morgan fingerprint density at radius 1 is 0.220 bits per heavy atom. The summed E-state index contributed by atoms with van der Waals surface area (Å²) in [6.45, 7) is -0.346. The van der Waals surface area contributed by atoms with Gasteiger partial charge in [0.2, 0.25) is 0 Å². The van der Waals surface area contributed by atoms with E-state index in [-0.39, 0.29) is 6.71 Å². The number of aromatic nitrogens is 1. The molecule has 500 valence electrons.